The van der Waals surface area contributed by atoms with E-state index >= 15 is 0 Å². The highest BCUT2D eigenvalue weighted by Gasteiger charge is 2.28. The van der Waals surface area contributed by atoms with Gasteiger partial charge in [-0.1, -0.05) is 25.2 Å². The summed E-state index contributed by atoms with van der Waals surface area (Å²) in [5.74, 6) is 1.07. The fraction of sp³-hybridized carbons (Fsp3) is 0.636. The predicted molar refractivity (Wildman–Crippen MR) is 64.0 cm³/mol. The summed E-state index contributed by atoms with van der Waals surface area (Å²) in [4.78, 5) is 18.4. The Bertz CT molecular complexity index is 381. The van der Waals surface area contributed by atoms with Crippen molar-refractivity contribution in [1.29, 1.82) is 0 Å². The Morgan fingerprint density at radius 1 is 1.50 bits per heavy atom. The lowest BCUT2D eigenvalue weighted by atomic mass is 10.0. The van der Waals surface area contributed by atoms with Crippen molar-refractivity contribution >= 4 is 22.4 Å². The molecule has 5 heteroatoms. The first-order valence-electron chi connectivity index (χ1n) is 5.41. The zero-order valence-corrected chi connectivity index (χ0v) is 10.6. The molecule has 0 radical (unpaired) electrons. The molecule has 1 aromatic heterocycles. The van der Waals surface area contributed by atoms with Gasteiger partial charge in [0.2, 0.25) is 0 Å². The van der Waals surface area contributed by atoms with E-state index in [4.69, 9.17) is 0 Å². The number of aromatic nitrogens is 1. The molecule has 2 atom stereocenters. The van der Waals surface area contributed by atoms with Crippen molar-refractivity contribution in [1.82, 2.24) is 4.98 Å². The lowest BCUT2D eigenvalue weighted by molar-refractivity contribution is 0.0606. The van der Waals surface area contributed by atoms with Crippen molar-refractivity contribution in [3.05, 3.63) is 11.1 Å². The molecule has 2 unspecified atom stereocenters. The Hall–Kier alpha value is -1.10. The fourth-order valence-corrected chi connectivity index (χ4v) is 2.74. The molecule has 0 bridgehead atoms. The maximum atomic E-state index is 11.3. The number of nitrogens with zero attached hydrogens (tertiary/aromatic N) is 2. The molecule has 0 aromatic carbocycles. The van der Waals surface area contributed by atoms with Crippen molar-refractivity contribution in [2.45, 2.75) is 13.8 Å². The third-order valence-electron chi connectivity index (χ3n) is 3.14. The molecule has 1 fully saturated rings. The van der Waals surface area contributed by atoms with E-state index < -0.39 is 0 Å². The van der Waals surface area contributed by atoms with Crippen LogP contribution in [0.5, 0.6) is 0 Å². The van der Waals surface area contributed by atoms with Crippen LogP contribution in [0.3, 0.4) is 0 Å². The summed E-state index contributed by atoms with van der Waals surface area (Å²) in [6.07, 6.45) is 1.60. The lowest BCUT2D eigenvalue weighted by Gasteiger charge is -2.13. The molecule has 1 aliphatic heterocycles. The van der Waals surface area contributed by atoms with Gasteiger partial charge in [0, 0.05) is 13.1 Å². The van der Waals surface area contributed by atoms with Gasteiger partial charge in [-0.05, 0) is 11.8 Å². The van der Waals surface area contributed by atoms with Crippen LogP contribution in [0.15, 0.2) is 6.20 Å². The molecule has 0 saturated carbocycles. The van der Waals surface area contributed by atoms with Crippen LogP contribution in [0.4, 0.5) is 5.13 Å². The second kappa shape index (κ2) is 4.41. The molecule has 4 nitrogen and oxygen atoms in total. The van der Waals surface area contributed by atoms with Crippen molar-refractivity contribution in [3.8, 4) is 0 Å². The average Bonchev–Trinajstić information content (AvgIpc) is 2.86. The molecule has 0 aliphatic carbocycles. The molecule has 16 heavy (non-hydrogen) atoms. The van der Waals surface area contributed by atoms with Gasteiger partial charge in [-0.2, -0.15) is 0 Å². The first kappa shape index (κ1) is 11.4. The Balaban J connectivity index is 2.11. The summed E-state index contributed by atoms with van der Waals surface area (Å²) in [5, 5.41) is 0.927. The van der Waals surface area contributed by atoms with E-state index in [1.165, 1.54) is 18.4 Å². The third-order valence-corrected chi connectivity index (χ3v) is 4.18. The van der Waals surface area contributed by atoms with Gasteiger partial charge in [0.15, 0.2) is 5.13 Å². The van der Waals surface area contributed by atoms with Crippen LogP contribution in [0, 0.1) is 11.8 Å². The van der Waals surface area contributed by atoms with Crippen LogP contribution in [0.1, 0.15) is 23.5 Å². The van der Waals surface area contributed by atoms with Gasteiger partial charge in [0.05, 0.1) is 13.3 Å². The topological polar surface area (TPSA) is 42.4 Å². The van der Waals surface area contributed by atoms with E-state index in [0.29, 0.717) is 16.7 Å². The maximum Gasteiger partial charge on any atom is 0.349 e. The number of ether oxygens (including phenoxy) is 1. The average molecular weight is 240 g/mol. The van der Waals surface area contributed by atoms with Crippen LogP contribution in [0.2, 0.25) is 0 Å². The SMILES string of the molecule is COC(=O)c1cnc(N2CC(C)C(C)C2)s1. The number of rotatable bonds is 2. The largest absolute Gasteiger partial charge is 0.465 e. The van der Waals surface area contributed by atoms with Crippen LogP contribution >= 0.6 is 11.3 Å². The van der Waals surface area contributed by atoms with Gasteiger partial charge < -0.3 is 9.64 Å². The number of hydrogen-bond acceptors (Lipinski definition) is 5. The normalized spacial score (nSPS) is 24.8. The van der Waals surface area contributed by atoms with Crippen molar-refractivity contribution in [3.63, 3.8) is 0 Å². The van der Waals surface area contributed by atoms with E-state index in [1.54, 1.807) is 6.20 Å². The highest BCUT2D eigenvalue weighted by molar-refractivity contribution is 7.17. The quantitative estimate of drug-likeness (QED) is 0.742. The van der Waals surface area contributed by atoms with Crippen molar-refractivity contribution < 1.29 is 9.53 Å². The predicted octanol–water partition coefficient (Wildman–Crippen LogP) is 2.02. The highest BCUT2D eigenvalue weighted by atomic mass is 32.1. The summed E-state index contributed by atoms with van der Waals surface area (Å²) in [5.41, 5.74) is 0. The van der Waals surface area contributed by atoms with E-state index in [1.807, 2.05) is 0 Å². The lowest BCUT2D eigenvalue weighted by Crippen LogP contribution is -2.19. The van der Waals surface area contributed by atoms with Gasteiger partial charge in [0.25, 0.3) is 0 Å². The second-order valence-electron chi connectivity index (χ2n) is 4.36. The number of anilines is 1. The highest BCUT2D eigenvalue weighted by Crippen LogP contribution is 2.30. The van der Waals surface area contributed by atoms with E-state index in [2.05, 4.69) is 28.5 Å². The summed E-state index contributed by atoms with van der Waals surface area (Å²) in [6, 6.07) is 0. The minimum atomic E-state index is -0.302. The van der Waals surface area contributed by atoms with E-state index in [9.17, 15) is 4.79 Å². The Morgan fingerprint density at radius 2 is 2.12 bits per heavy atom. The molecule has 0 N–H and O–H groups in total. The molecule has 88 valence electrons. The second-order valence-corrected chi connectivity index (χ2v) is 5.37. The molecule has 1 saturated heterocycles. The maximum absolute atomic E-state index is 11.3. The molecule has 0 amide bonds. The van der Waals surface area contributed by atoms with Crippen LogP contribution in [0.25, 0.3) is 0 Å². The smallest absolute Gasteiger partial charge is 0.349 e. The fourth-order valence-electron chi connectivity index (χ4n) is 1.89. The summed E-state index contributed by atoms with van der Waals surface area (Å²) in [6.45, 7) is 6.55. The molecule has 1 aromatic rings. The monoisotopic (exact) mass is 240 g/mol. The number of carbonyl (C=O) groups is 1. The number of carbonyl (C=O) groups excluding carboxylic acids is 1. The first-order chi connectivity index (χ1) is 7.61. The van der Waals surface area contributed by atoms with E-state index in [-0.39, 0.29) is 5.97 Å². The summed E-state index contributed by atoms with van der Waals surface area (Å²) < 4.78 is 4.67. The molecular formula is C11H16N2O2S. The van der Waals surface area contributed by atoms with Gasteiger partial charge in [0.1, 0.15) is 4.88 Å². The van der Waals surface area contributed by atoms with Crippen molar-refractivity contribution in [2.75, 3.05) is 25.1 Å². The molecule has 2 heterocycles. The standard InChI is InChI=1S/C11H16N2O2S/c1-7-5-13(6-8(7)2)11-12-4-9(16-11)10(14)15-3/h4,7-8H,5-6H2,1-3H3. The zero-order valence-electron chi connectivity index (χ0n) is 9.77. The number of esters is 1. The number of hydrogen-bond donors (Lipinski definition) is 0. The third kappa shape index (κ3) is 2.04. The van der Waals surface area contributed by atoms with Crippen molar-refractivity contribution in [2.24, 2.45) is 11.8 Å². The van der Waals surface area contributed by atoms with Crippen LogP contribution < -0.4 is 4.90 Å². The zero-order chi connectivity index (χ0) is 11.7. The summed E-state index contributed by atoms with van der Waals surface area (Å²) >= 11 is 1.41. The Kier molecular flexibility index (Phi) is 3.14. The minimum Gasteiger partial charge on any atom is -0.465 e. The first-order valence-corrected chi connectivity index (χ1v) is 6.22. The van der Waals surface area contributed by atoms with Crippen LogP contribution in [-0.2, 0) is 4.74 Å². The molecular weight excluding hydrogens is 224 g/mol. The van der Waals surface area contributed by atoms with Gasteiger partial charge in [-0.15, -0.1) is 0 Å². The van der Waals surface area contributed by atoms with Crippen LogP contribution in [-0.4, -0.2) is 31.2 Å². The molecule has 2 rings (SSSR count). The number of thiazole rings is 1. The van der Waals surface area contributed by atoms with Gasteiger partial charge in [-0.25, -0.2) is 9.78 Å². The van der Waals surface area contributed by atoms with Gasteiger partial charge in [-0.3, -0.25) is 0 Å². The Labute approximate surface area is 99.2 Å². The minimum absolute atomic E-state index is 0.302. The summed E-state index contributed by atoms with van der Waals surface area (Å²) in [7, 11) is 1.39. The number of methoxy groups -OCH3 is 1. The Morgan fingerprint density at radius 3 is 2.69 bits per heavy atom. The molecule has 1 aliphatic rings. The molecule has 0 spiro atoms. The van der Waals surface area contributed by atoms with E-state index in [0.717, 1.165) is 18.2 Å². The van der Waals surface area contributed by atoms with Gasteiger partial charge >= 0.3 is 5.97 Å².